The maximum Gasteiger partial charge on any atom is 0.147 e. The second kappa shape index (κ2) is 3.97. The van der Waals surface area contributed by atoms with Gasteiger partial charge in [0.1, 0.15) is 10.5 Å². The summed E-state index contributed by atoms with van der Waals surface area (Å²) in [6.07, 6.45) is 0. The van der Waals surface area contributed by atoms with Crippen LogP contribution in [0, 0.1) is 0 Å². The molecule has 5 heteroatoms. The van der Waals surface area contributed by atoms with E-state index >= 15 is 0 Å². The normalized spacial score (nSPS) is 11.2. The van der Waals surface area contributed by atoms with Gasteiger partial charge < -0.3 is 4.74 Å². The van der Waals surface area contributed by atoms with Crippen LogP contribution >= 0.6 is 27.2 Å². The third kappa shape index (κ3) is 2.63. The van der Waals surface area contributed by atoms with E-state index in [1.54, 1.807) is 31.4 Å². The van der Waals surface area contributed by atoms with Crippen molar-refractivity contribution in [2.45, 2.75) is 0 Å². The zero-order valence-electron chi connectivity index (χ0n) is 6.33. The molecular formula is C7H7Cl2OPS. The summed E-state index contributed by atoms with van der Waals surface area (Å²) in [6, 6.07) is 7.17. The molecule has 0 aliphatic rings. The van der Waals surface area contributed by atoms with Crippen LogP contribution in [0.2, 0.25) is 0 Å². The highest BCUT2D eigenvalue weighted by Gasteiger charge is 2.10. The Balaban J connectivity index is 3.01. The first kappa shape index (κ1) is 10.3. The van der Waals surface area contributed by atoms with Crippen LogP contribution in [-0.4, -0.2) is 7.11 Å². The topological polar surface area (TPSA) is 9.23 Å². The van der Waals surface area contributed by atoms with Gasteiger partial charge in [0.15, 0.2) is 0 Å². The van der Waals surface area contributed by atoms with Gasteiger partial charge in [-0.2, -0.15) is 0 Å². The Bertz CT molecular complexity index is 306. The first-order valence-electron chi connectivity index (χ1n) is 3.18. The molecule has 0 unspecified atom stereocenters. The standard InChI is InChI=1S/C7H7Cl2OPS/c1-10-6-2-4-7(5-3-6)11(8,9)12/h2-5H,1H3. The molecule has 1 rings (SSSR count). The molecule has 1 aromatic rings. The number of halogens is 2. The third-order valence-electron chi connectivity index (χ3n) is 1.37. The summed E-state index contributed by atoms with van der Waals surface area (Å²) in [5.41, 5.74) is 0. The molecule has 0 radical (unpaired) electrons. The van der Waals surface area contributed by atoms with Gasteiger partial charge in [-0.15, -0.1) is 0 Å². The van der Waals surface area contributed by atoms with Gasteiger partial charge >= 0.3 is 0 Å². The average molecular weight is 241 g/mol. The smallest absolute Gasteiger partial charge is 0.147 e. The summed E-state index contributed by atoms with van der Waals surface area (Å²) in [6.45, 7) is 0. The van der Waals surface area contributed by atoms with Gasteiger partial charge in [-0.3, -0.25) is 0 Å². The predicted octanol–water partition coefficient (Wildman–Crippen LogP) is 3.11. The Morgan fingerprint density at radius 2 is 1.75 bits per heavy atom. The van der Waals surface area contributed by atoms with Gasteiger partial charge in [-0.05, 0) is 24.3 Å². The van der Waals surface area contributed by atoms with Gasteiger partial charge in [0.05, 0.1) is 7.11 Å². The van der Waals surface area contributed by atoms with Crippen LogP contribution < -0.4 is 10.0 Å². The van der Waals surface area contributed by atoms with Gasteiger partial charge in [-0.1, -0.05) is 34.3 Å². The lowest BCUT2D eigenvalue weighted by molar-refractivity contribution is 0.415. The van der Waals surface area contributed by atoms with E-state index in [-0.39, 0.29) is 0 Å². The molecule has 0 aliphatic carbocycles. The highest BCUT2D eigenvalue weighted by atomic mass is 35.9. The first-order chi connectivity index (χ1) is 5.54. The van der Waals surface area contributed by atoms with Crippen molar-refractivity contribution in [1.82, 2.24) is 0 Å². The van der Waals surface area contributed by atoms with Crippen molar-refractivity contribution in [3.63, 3.8) is 0 Å². The molecule has 66 valence electrons. The van der Waals surface area contributed by atoms with E-state index in [9.17, 15) is 0 Å². The molecule has 0 atom stereocenters. The number of hydrogen-bond donors (Lipinski definition) is 0. The SMILES string of the molecule is COc1ccc(P(=S)(Cl)Cl)cc1. The molecule has 0 N–H and O–H groups in total. The molecular weight excluding hydrogens is 234 g/mol. The molecule has 0 heterocycles. The van der Waals surface area contributed by atoms with Crippen LogP contribution in [0.5, 0.6) is 5.75 Å². The van der Waals surface area contributed by atoms with Gasteiger partial charge in [0.25, 0.3) is 0 Å². The summed E-state index contributed by atoms with van der Waals surface area (Å²) in [5.74, 6) is 0.774. The van der Waals surface area contributed by atoms with Crippen molar-refractivity contribution in [1.29, 1.82) is 0 Å². The van der Waals surface area contributed by atoms with Gasteiger partial charge in [0.2, 0.25) is 0 Å². The molecule has 1 aromatic carbocycles. The molecule has 0 saturated carbocycles. The number of methoxy groups -OCH3 is 1. The fourth-order valence-corrected chi connectivity index (χ4v) is 2.29. The molecule has 0 aromatic heterocycles. The van der Waals surface area contributed by atoms with Crippen molar-refractivity contribution in [3.05, 3.63) is 24.3 Å². The van der Waals surface area contributed by atoms with Crippen LogP contribution in [0.15, 0.2) is 24.3 Å². The monoisotopic (exact) mass is 240 g/mol. The van der Waals surface area contributed by atoms with Crippen molar-refractivity contribution in [3.8, 4) is 5.75 Å². The van der Waals surface area contributed by atoms with Gasteiger partial charge in [-0.25, -0.2) is 0 Å². The largest absolute Gasteiger partial charge is 0.497 e. The van der Waals surface area contributed by atoms with Crippen LogP contribution in [0.1, 0.15) is 0 Å². The Hall–Kier alpha value is 0.250. The van der Waals surface area contributed by atoms with E-state index in [2.05, 4.69) is 0 Å². The van der Waals surface area contributed by atoms with Crippen molar-refractivity contribution in [2.24, 2.45) is 0 Å². The second-order valence-electron chi connectivity index (χ2n) is 2.16. The zero-order chi connectivity index (χ0) is 9.19. The van der Waals surface area contributed by atoms with E-state index in [4.69, 9.17) is 39.0 Å². The highest BCUT2D eigenvalue weighted by molar-refractivity contribution is 8.42. The average Bonchev–Trinajstić information content (AvgIpc) is 2.03. The molecule has 0 bridgehead atoms. The van der Waals surface area contributed by atoms with Crippen LogP contribution in [-0.2, 0) is 11.8 Å². The Morgan fingerprint density at radius 3 is 2.08 bits per heavy atom. The third-order valence-corrected chi connectivity index (χ3v) is 4.08. The van der Waals surface area contributed by atoms with E-state index in [1.165, 1.54) is 0 Å². The van der Waals surface area contributed by atoms with E-state index in [1.807, 2.05) is 0 Å². The summed E-state index contributed by atoms with van der Waals surface area (Å²) >= 11 is 16.5. The number of ether oxygens (including phenoxy) is 1. The summed E-state index contributed by atoms with van der Waals surface area (Å²) in [5, 5.41) is 0.793. The Kier molecular flexibility index (Phi) is 3.42. The first-order valence-corrected chi connectivity index (χ1v) is 7.79. The minimum atomic E-state index is -2.33. The Labute approximate surface area is 86.2 Å². The summed E-state index contributed by atoms with van der Waals surface area (Å²) in [7, 11) is 1.60. The van der Waals surface area contributed by atoms with Crippen LogP contribution in [0.3, 0.4) is 0 Å². The predicted molar refractivity (Wildman–Crippen MR) is 58.6 cm³/mol. The van der Waals surface area contributed by atoms with Crippen molar-refractivity contribution < 1.29 is 4.74 Å². The summed E-state index contributed by atoms with van der Waals surface area (Å²) < 4.78 is 2.65. The molecule has 1 nitrogen and oxygen atoms in total. The van der Waals surface area contributed by atoms with Crippen molar-refractivity contribution in [2.75, 3.05) is 7.11 Å². The quantitative estimate of drug-likeness (QED) is 0.735. The van der Waals surface area contributed by atoms with Crippen LogP contribution in [0.25, 0.3) is 0 Å². The lowest BCUT2D eigenvalue weighted by Gasteiger charge is -2.05. The molecule has 0 amide bonds. The fraction of sp³-hybridized carbons (Fsp3) is 0.143. The fourth-order valence-electron chi connectivity index (χ4n) is 0.756. The van der Waals surface area contributed by atoms with E-state index in [0.29, 0.717) is 0 Å². The highest BCUT2D eigenvalue weighted by Crippen LogP contribution is 2.55. The maximum absolute atomic E-state index is 5.80. The minimum Gasteiger partial charge on any atom is -0.497 e. The van der Waals surface area contributed by atoms with Gasteiger partial charge in [0, 0.05) is 5.30 Å². The summed E-state index contributed by atoms with van der Waals surface area (Å²) in [4.78, 5) is 0. The number of benzene rings is 1. The van der Waals surface area contributed by atoms with E-state index in [0.717, 1.165) is 11.1 Å². The molecule has 12 heavy (non-hydrogen) atoms. The number of hydrogen-bond acceptors (Lipinski definition) is 2. The number of rotatable bonds is 2. The second-order valence-corrected chi connectivity index (χ2v) is 10.0. The molecule has 0 spiro atoms. The maximum atomic E-state index is 5.80. The molecule has 0 fully saturated rings. The lowest BCUT2D eigenvalue weighted by atomic mass is 10.3. The molecule has 0 saturated heterocycles. The Morgan fingerprint density at radius 1 is 1.25 bits per heavy atom. The van der Waals surface area contributed by atoms with E-state index < -0.39 is 4.74 Å². The lowest BCUT2D eigenvalue weighted by Crippen LogP contribution is -1.95. The van der Waals surface area contributed by atoms with Crippen molar-refractivity contribution >= 4 is 44.3 Å². The zero-order valence-corrected chi connectivity index (χ0v) is 9.55. The van der Waals surface area contributed by atoms with Crippen LogP contribution in [0.4, 0.5) is 0 Å². The minimum absolute atomic E-state index is 0.774. The molecule has 0 aliphatic heterocycles.